The Kier molecular flexibility index (Phi) is 3.04. The van der Waals surface area contributed by atoms with Crippen molar-refractivity contribution < 1.29 is 22.5 Å². The predicted octanol–water partition coefficient (Wildman–Crippen LogP) is 1.92. The van der Waals surface area contributed by atoms with Crippen LogP contribution in [0.2, 0.25) is 0 Å². The Morgan fingerprint density at radius 1 is 1.41 bits per heavy atom. The van der Waals surface area contributed by atoms with Gasteiger partial charge in [0.15, 0.2) is 0 Å². The topological polar surface area (TPSA) is 110 Å². The van der Waals surface area contributed by atoms with E-state index in [2.05, 4.69) is 25.5 Å². The summed E-state index contributed by atoms with van der Waals surface area (Å²) in [5, 5.41) is 11.3. The minimum Gasteiger partial charge on any atom is -0.336 e. The van der Waals surface area contributed by atoms with E-state index in [1.54, 1.807) is 12.0 Å². The number of aromatic nitrogens is 5. The normalized spacial score (nSPS) is 11.8. The zero-order valence-corrected chi connectivity index (χ0v) is 10.9. The van der Waals surface area contributed by atoms with Crippen LogP contribution in [0.5, 0.6) is 0 Å². The number of aryl methyl sites for hydroxylation is 1. The lowest BCUT2D eigenvalue weighted by molar-refractivity contribution is -0.144. The Morgan fingerprint density at radius 3 is 2.86 bits per heavy atom. The van der Waals surface area contributed by atoms with Gasteiger partial charge < -0.3 is 4.52 Å². The van der Waals surface area contributed by atoms with E-state index in [1.807, 2.05) is 0 Å². The van der Waals surface area contributed by atoms with Crippen molar-refractivity contribution in [2.45, 2.75) is 13.1 Å². The molecular weight excluding hydrogens is 305 g/mol. The first-order chi connectivity index (χ1) is 10.3. The van der Waals surface area contributed by atoms with Crippen molar-refractivity contribution in [3.8, 4) is 0 Å². The number of carbonyl (C=O) groups excluding carboxylic acids is 1. The van der Waals surface area contributed by atoms with E-state index in [-0.39, 0.29) is 11.3 Å². The Hall–Kier alpha value is -2.98. The van der Waals surface area contributed by atoms with Crippen molar-refractivity contribution in [1.29, 1.82) is 0 Å². The van der Waals surface area contributed by atoms with Crippen molar-refractivity contribution in [3.05, 3.63) is 29.3 Å². The van der Waals surface area contributed by atoms with Gasteiger partial charge in [-0.15, -0.1) is 5.10 Å². The maximum Gasteiger partial charge on any atom is 0.451 e. The summed E-state index contributed by atoms with van der Waals surface area (Å²) in [7, 11) is 0. The SMILES string of the molecule is Cc1noc2ncc(C(=O)Nc3n[nH]c(C(F)(F)F)n3)cc12. The van der Waals surface area contributed by atoms with Gasteiger partial charge in [-0.25, -0.2) is 4.98 Å². The van der Waals surface area contributed by atoms with E-state index >= 15 is 0 Å². The van der Waals surface area contributed by atoms with E-state index < -0.39 is 23.9 Å². The van der Waals surface area contributed by atoms with Crippen molar-refractivity contribution >= 4 is 23.0 Å². The molecule has 0 saturated carbocycles. The smallest absolute Gasteiger partial charge is 0.336 e. The minimum atomic E-state index is -4.67. The number of alkyl halides is 3. The molecule has 0 aliphatic rings. The van der Waals surface area contributed by atoms with Crippen molar-refractivity contribution in [1.82, 2.24) is 25.3 Å². The van der Waals surface area contributed by atoms with Gasteiger partial charge in [0.2, 0.25) is 11.8 Å². The highest BCUT2D eigenvalue weighted by molar-refractivity contribution is 6.04. The molecule has 0 radical (unpaired) electrons. The summed E-state index contributed by atoms with van der Waals surface area (Å²) in [6.07, 6.45) is -3.46. The van der Waals surface area contributed by atoms with E-state index in [9.17, 15) is 18.0 Å². The Balaban J connectivity index is 1.83. The van der Waals surface area contributed by atoms with Gasteiger partial charge >= 0.3 is 6.18 Å². The molecule has 2 N–H and O–H groups in total. The Labute approximate surface area is 119 Å². The first-order valence-electron chi connectivity index (χ1n) is 5.87. The molecule has 3 aromatic heterocycles. The standard InChI is InChI=1S/C11H7F3N6O2/c1-4-6-2-5(3-15-8(6)22-20-4)7(21)16-10-17-9(18-19-10)11(12,13)14/h2-3H,1H3,(H2,16,17,18,19,21). The van der Waals surface area contributed by atoms with Gasteiger partial charge in [-0.1, -0.05) is 5.16 Å². The lowest BCUT2D eigenvalue weighted by atomic mass is 10.2. The first-order valence-corrected chi connectivity index (χ1v) is 5.87. The highest BCUT2D eigenvalue weighted by atomic mass is 19.4. The zero-order valence-electron chi connectivity index (χ0n) is 10.9. The Bertz CT molecular complexity index is 853. The number of nitrogens with one attached hydrogen (secondary N) is 2. The molecule has 0 aliphatic heterocycles. The molecule has 3 rings (SSSR count). The molecule has 0 aromatic carbocycles. The van der Waals surface area contributed by atoms with Crippen molar-refractivity contribution in [2.24, 2.45) is 0 Å². The number of aromatic amines is 1. The monoisotopic (exact) mass is 312 g/mol. The van der Waals surface area contributed by atoms with Crippen LogP contribution in [0.1, 0.15) is 21.9 Å². The van der Waals surface area contributed by atoms with E-state index in [0.717, 1.165) is 0 Å². The van der Waals surface area contributed by atoms with Gasteiger partial charge in [0.1, 0.15) is 0 Å². The van der Waals surface area contributed by atoms with Crippen LogP contribution < -0.4 is 5.32 Å². The molecule has 3 heterocycles. The summed E-state index contributed by atoms with van der Waals surface area (Å²) in [6.45, 7) is 1.67. The molecule has 0 saturated heterocycles. The van der Waals surface area contributed by atoms with Crippen LogP contribution in [0.4, 0.5) is 19.1 Å². The van der Waals surface area contributed by atoms with Crippen molar-refractivity contribution in [3.63, 3.8) is 0 Å². The molecule has 0 aliphatic carbocycles. The molecule has 0 spiro atoms. The second-order valence-electron chi connectivity index (χ2n) is 4.30. The summed E-state index contributed by atoms with van der Waals surface area (Å²) in [4.78, 5) is 19.0. The van der Waals surface area contributed by atoms with E-state index in [0.29, 0.717) is 11.1 Å². The third-order valence-electron chi connectivity index (χ3n) is 2.75. The molecular formula is C11H7F3N6O2. The lowest BCUT2D eigenvalue weighted by Crippen LogP contribution is -2.13. The summed E-state index contributed by atoms with van der Waals surface area (Å²) in [6, 6.07) is 1.46. The van der Waals surface area contributed by atoms with Crippen LogP contribution in [-0.4, -0.2) is 31.2 Å². The van der Waals surface area contributed by atoms with Gasteiger partial charge in [0.25, 0.3) is 11.6 Å². The molecule has 22 heavy (non-hydrogen) atoms. The molecule has 0 unspecified atom stereocenters. The number of anilines is 1. The largest absolute Gasteiger partial charge is 0.451 e. The molecule has 0 atom stereocenters. The quantitative estimate of drug-likeness (QED) is 0.748. The molecule has 114 valence electrons. The number of fused-ring (bicyclic) bond motifs is 1. The summed E-state index contributed by atoms with van der Waals surface area (Å²) < 4.78 is 42.0. The highest BCUT2D eigenvalue weighted by Gasteiger charge is 2.35. The number of rotatable bonds is 2. The number of pyridine rings is 1. The van der Waals surface area contributed by atoms with Crippen LogP contribution in [0.15, 0.2) is 16.8 Å². The predicted molar refractivity (Wildman–Crippen MR) is 65.9 cm³/mol. The number of H-pyrrole nitrogens is 1. The van der Waals surface area contributed by atoms with Crippen LogP contribution >= 0.6 is 0 Å². The maximum absolute atomic E-state index is 12.4. The average molecular weight is 312 g/mol. The second-order valence-corrected chi connectivity index (χ2v) is 4.30. The van der Waals surface area contributed by atoms with Crippen LogP contribution in [0, 0.1) is 6.92 Å². The minimum absolute atomic E-state index is 0.108. The number of hydrogen-bond acceptors (Lipinski definition) is 6. The van der Waals surface area contributed by atoms with E-state index in [1.165, 1.54) is 12.3 Å². The number of carbonyl (C=O) groups is 1. The highest BCUT2D eigenvalue weighted by Crippen LogP contribution is 2.26. The maximum atomic E-state index is 12.4. The van der Waals surface area contributed by atoms with Gasteiger partial charge in [0.05, 0.1) is 16.6 Å². The van der Waals surface area contributed by atoms with Gasteiger partial charge in [-0.3, -0.25) is 15.2 Å². The van der Waals surface area contributed by atoms with Gasteiger partial charge in [-0.2, -0.15) is 18.2 Å². The number of halogens is 3. The molecule has 1 amide bonds. The summed E-state index contributed by atoms with van der Waals surface area (Å²) >= 11 is 0. The molecule has 11 heteroatoms. The summed E-state index contributed by atoms with van der Waals surface area (Å²) in [5.74, 6) is -2.49. The number of nitrogens with zero attached hydrogens (tertiary/aromatic N) is 4. The van der Waals surface area contributed by atoms with Gasteiger partial charge in [-0.05, 0) is 13.0 Å². The number of hydrogen-bond donors (Lipinski definition) is 2. The van der Waals surface area contributed by atoms with E-state index in [4.69, 9.17) is 4.52 Å². The van der Waals surface area contributed by atoms with Crippen LogP contribution in [0.3, 0.4) is 0 Å². The van der Waals surface area contributed by atoms with Crippen LogP contribution in [-0.2, 0) is 6.18 Å². The van der Waals surface area contributed by atoms with Gasteiger partial charge in [0, 0.05) is 6.20 Å². The fourth-order valence-corrected chi connectivity index (χ4v) is 1.69. The number of amides is 1. The second kappa shape index (κ2) is 4.79. The van der Waals surface area contributed by atoms with Crippen molar-refractivity contribution in [2.75, 3.05) is 5.32 Å². The molecule has 0 fully saturated rings. The summed E-state index contributed by atoms with van der Waals surface area (Å²) in [5.41, 5.74) is 0.901. The Morgan fingerprint density at radius 2 is 2.18 bits per heavy atom. The fraction of sp³-hybridized carbons (Fsp3) is 0.182. The third-order valence-corrected chi connectivity index (χ3v) is 2.75. The average Bonchev–Trinajstić information content (AvgIpc) is 3.06. The third kappa shape index (κ3) is 2.47. The van der Waals surface area contributed by atoms with Crippen LogP contribution in [0.25, 0.3) is 11.1 Å². The molecule has 3 aromatic rings. The first kappa shape index (κ1) is 14.0. The molecule has 0 bridgehead atoms. The molecule has 8 nitrogen and oxygen atoms in total. The zero-order chi connectivity index (χ0) is 15.9. The lowest BCUT2D eigenvalue weighted by Gasteiger charge is -2.01. The fourth-order valence-electron chi connectivity index (χ4n) is 1.69.